The van der Waals surface area contributed by atoms with E-state index in [4.69, 9.17) is 21.8 Å². The third-order valence-corrected chi connectivity index (χ3v) is 3.46. The molecule has 2 aromatic rings. The van der Waals surface area contributed by atoms with Crippen LogP contribution in [-0.2, 0) is 6.42 Å². The highest BCUT2D eigenvalue weighted by Crippen LogP contribution is 2.29. The van der Waals surface area contributed by atoms with Crippen LogP contribution in [0.15, 0.2) is 39.2 Å². The Hall–Kier alpha value is -0.770. The monoisotopic (exact) mass is 313 g/mol. The number of furan rings is 1. The first kappa shape index (κ1) is 12.7. The minimum atomic E-state index is -0.323. The largest absolute Gasteiger partial charge is 0.464 e. The minimum absolute atomic E-state index is 0.323. The Morgan fingerprint density at radius 3 is 2.71 bits per heavy atom. The molecule has 0 fully saturated rings. The van der Waals surface area contributed by atoms with Crippen molar-refractivity contribution in [2.75, 3.05) is 0 Å². The van der Waals surface area contributed by atoms with Gasteiger partial charge in [-0.2, -0.15) is 0 Å². The van der Waals surface area contributed by atoms with Gasteiger partial charge in [0.05, 0.1) is 6.04 Å². The molecule has 1 aromatic carbocycles. The van der Waals surface area contributed by atoms with E-state index >= 15 is 0 Å². The topological polar surface area (TPSA) is 39.2 Å². The fraction of sp³-hybridized carbons (Fsp3) is 0.231. The molecule has 0 aliphatic carbocycles. The molecule has 1 atom stereocenters. The van der Waals surface area contributed by atoms with Crippen molar-refractivity contribution in [3.63, 3.8) is 0 Å². The van der Waals surface area contributed by atoms with Gasteiger partial charge >= 0.3 is 0 Å². The summed E-state index contributed by atoms with van der Waals surface area (Å²) in [5.41, 5.74) is 7.01. The highest BCUT2D eigenvalue weighted by atomic mass is 79.9. The van der Waals surface area contributed by atoms with Crippen LogP contribution in [0.3, 0.4) is 0 Å². The zero-order valence-electron chi connectivity index (χ0n) is 9.41. The van der Waals surface area contributed by atoms with E-state index < -0.39 is 0 Å². The lowest BCUT2D eigenvalue weighted by molar-refractivity contribution is 0.454. The van der Waals surface area contributed by atoms with Crippen LogP contribution in [0.5, 0.6) is 0 Å². The number of hydrogen-bond donors (Lipinski definition) is 1. The van der Waals surface area contributed by atoms with Crippen LogP contribution in [0.1, 0.15) is 30.0 Å². The van der Waals surface area contributed by atoms with Crippen LogP contribution in [0.2, 0.25) is 5.02 Å². The summed E-state index contributed by atoms with van der Waals surface area (Å²) in [5, 5.41) is 0.640. The summed E-state index contributed by atoms with van der Waals surface area (Å²) in [4.78, 5) is 0. The van der Waals surface area contributed by atoms with Crippen LogP contribution in [-0.4, -0.2) is 0 Å². The standard InChI is InChI=1S/C13H13BrClNO/c1-2-9-4-6-12(17-9)13(16)10-5-3-8(14)7-11(10)15/h3-7,13H,2,16H2,1H3. The first-order valence-electron chi connectivity index (χ1n) is 5.41. The van der Waals surface area contributed by atoms with E-state index in [1.165, 1.54) is 0 Å². The van der Waals surface area contributed by atoms with E-state index in [-0.39, 0.29) is 6.04 Å². The zero-order valence-corrected chi connectivity index (χ0v) is 11.8. The molecule has 2 N–H and O–H groups in total. The molecule has 1 unspecified atom stereocenters. The van der Waals surface area contributed by atoms with Gasteiger partial charge in [0, 0.05) is 15.9 Å². The average Bonchev–Trinajstić information content (AvgIpc) is 2.76. The molecule has 0 bridgehead atoms. The van der Waals surface area contributed by atoms with Gasteiger partial charge in [0.1, 0.15) is 11.5 Å². The van der Waals surface area contributed by atoms with E-state index in [1.807, 2.05) is 37.3 Å². The smallest absolute Gasteiger partial charge is 0.125 e. The Bertz CT molecular complexity index is 524. The predicted molar refractivity (Wildman–Crippen MR) is 73.3 cm³/mol. The maximum atomic E-state index is 6.16. The van der Waals surface area contributed by atoms with Gasteiger partial charge < -0.3 is 10.2 Å². The molecule has 4 heteroatoms. The zero-order chi connectivity index (χ0) is 12.4. The number of hydrogen-bond acceptors (Lipinski definition) is 2. The van der Waals surface area contributed by atoms with E-state index in [9.17, 15) is 0 Å². The van der Waals surface area contributed by atoms with E-state index in [0.29, 0.717) is 5.02 Å². The molecular formula is C13H13BrClNO. The van der Waals surface area contributed by atoms with Gasteiger partial charge in [0.15, 0.2) is 0 Å². The highest BCUT2D eigenvalue weighted by molar-refractivity contribution is 9.10. The van der Waals surface area contributed by atoms with Gasteiger partial charge in [-0.15, -0.1) is 0 Å². The second-order valence-electron chi connectivity index (χ2n) is 3.80. The van der Waals surface area contributed by atoms with Crippen LogP contribution >= 0.6 is 27.5 Å². The van der Waals surface area contributed by atoms with E-state index in [0.717, 1.165) is 28.0 Å². The quantitative estimate of drug-likeness (QED) is 0.917. The molecule has 0 radical (unpaired) electrons. The average molecular weight is 315 g/mol. The van der Waals surface area contributed by atoms with Crippen LogP contribution in [0.25, 0.3) is 0 Å². The Labute approximate surface area is 114 Å². The normalized spacial score (nSPS) is 12.7. The Kier molecular flexibility index (Phi) is 3.92. The van der Waals surface area contributed by atoms with Crippen molar-refractivity contribution in [2.24, 2.45) is 5.73 Å². The molecule has 0 saturated heterocycles. The maximum absolute atomic E-state index is 6.16. The predicted octanol–water partition coefficient (Wildman–Crippen LogP) is 4.31. The van der Waals surface area contributed by atoms with Crippen molar-refractivity contribution in [3.8, 4) is 0 Å². The molecule has 2 nitrogen and oxygen atoms in total. The molecule has 0 spiro atoms. The second-order valence-corrected chi connectivity index (χ2v) is 5.12. The minimum Gasteiger partial charge on any atom is -0.464 e. The summed E-state index contributed by atoms with van der Waals surface area (Å²) >= 11 is 9.53. The molecule has 17 heavy (non-hydrogen) atoms. The first-order chi connectivity index (χ1) is 8.11. The van der Waals surface area contributed by atoms with Crippen LogP contribution in [0.4, 0.5) is 0 Å². The number of nitrogens with two attached hydrogens (primary N) is 1. The van der Waals surface area contributed by atoms with Crippen molar-refractivity contribution in [1.29, 1.82) is 0 Å². The SMILES string of the molecule is CCc1ccc(C(N)c2ccc(Br)cc2Cl)o1. The number of aryl methyl sites for hydroxylation is 1. The molecular weight excluding hydrogens is 302 g/mol. The van der Waals surface area contributed by atoms with Crippen molar-refractivity contribution < 1.29 is 4.42 Å². The molecule has 2 rings (SSSR count). The summed E-state index contributed by atoms with van der Waals surface area (Å²) in [6, 6.07) is 9.19. The third kappa shape index (κ3) is 2.73. The lowest BCUT2D eigenvalue weighted by Crippen LogP contribution is -2.11. The first-order valence-corrected chi connectivity index (χ1v) is 6.58. The highest BCUT2D eigenvalue weighted by Gasteiger charge is 2.16. The van der Waals surface area contributed by atoms with Crippen LogP contribution < -0.4 is 5.73 Å². The molecule has 0 aliphatic rings. The molecule has 90 valence electrons. The van der Waals surface area contributed by atoms with Crippen LogP contribution in [0, 0.1) is 0 Å². The molecule has 0 aliphatic heterocycles. The van der Waals surface area contributed by atoms with E-state index in [2.05, 4.69) is 15.9 Å². The van der Waals surface area contributed by atoms with Crippen molar-refractivity contribution >= 4 is 27.5 Å². The third-order valence-electron chi connectivity index (χ3n) is 2.63. The number of halogens is 2. The summed E-state index contributed by atoms with van der Waals surface area (Å²) in [7, 11) is 0. The van der Waals surface area contributed by atoms with Gasteiger partial charge in [0.25, 0.3) is 0 Å². The number of benzene rings is 1. The molecule has 1 aromatic heterocycles. The second kappa shape index (κ2) is 5.25. The van der Waals surface area contributed by atoms with Gasteiger partial charge in [-0.1, -0.05) is 40.5 Å². The van der Waals surface area contributed by atoms with Gasteiger partial charge in [-0.3, -0.25) is 0 Å². The Morgan fingerprint density at radius 1 is 1.35 bits per heavy atom. The van der Waals surface area contributed by atoms with Crippen molar-refractivity contribution in [3.05, 3.63) is 56.9 Å². The van der Waals surface area contributed by atoms with E-state index in [1.54, 1.807) is 0 Å². The Morgan fingerprint density at radius 2 is 2.12 bits per heavy atom. The maximum Gasteiger partial charge on any atom is 0.125 e. The van der Waals surface area contributed by atoms with Gasteiger partial charge in [-0.25, -0.2) is 0 Å². The van der Waals surface area contributed by atoms with Crippen molar-refractivity contribution in [2.45, 2.75) is 19.4 Å². The summed E-state index contributed by atoms with van der Waals surface area (Å²) in [6.45, 7) is 2.04. The Balaban J connectivity index is 2.33. The summed E-state index contributed by atoms with van der Waals surface area (Å²) in [6.07, 6.45) is 0.862. The van der Waals surface area contributed by atoms with Gasteiger partial charge in [-0.05, 0) is 29.8 Å². The number of rotatable bonds is 3. The summed E-state index contributed by atoms with van der Waals surface area (Å²) < 4.78 is 6.58. The lowest BCUT2D eigenvalue weighted by atomic mass is 10.1. The molecule has 1 heterocycles. The fourth-order valence-corrected chi connectivity index (χ4v) is 2.45. The van der Waals surface area contributed by atoms with Crippen molar-refractivity contribution in [1.82, 2.24) is 0 Å². The molecule has 0 amide bonds. The summed E-state index contributed by atoms with van der Waals surface area (Å²) in [5.74, 6) is 1.68. The fourth-order valence-electron chi connectivity index (χ4n) is 1.66. The van der Waals surface area contributed by atoms with Gasteiger partial charge in [0.2, 0.25) is 0 Å². The molecule has 0 saturated carbocycles. The lowest BCUT2D eigenvalue weighted by Gasteiger charge is -2.11.